The minimum absolute atomic E-state index is 0.00877. The Morgan fingerprint density at radius 2 is 1.60 bits per heavy atom. The number of hydrogen-bond acceptors (Lipinski definition) is 5. The van der Waals surface area contributed by atoms with Gasteiger partial charge in [0.2, 0.25) is 11.8 Å². The molecule has 3 rings (SSSR count). The Morgan fingerprint density at radius 3 is 2.14 bits per heavy atom. The zero-order chi connectivity index (χ0) is 31.0. The van der Waals surface area contributed by atoms with E-state index in [0.717, 1.165) is 9.87 Å². The molecule has 0 radical (unpaired) electrons. The van der Waals surface area contributed by atoms with E-state index in [0.29, 0.717) is 39.9 Å². The van der Waals surface area contributed by atoms with Crippen molar-refractivity contribution in [1.82, 2.24) is 10.2 Å². The van der Waals surface area contributed by atoms with Crippen molar-refractivity contribution in [3.05, 3.63) is 87.9 Å². The topological polar surface area (TPSA) is 96.0 Å². The van der Waals surface area contributed by atoms with E-state index in [1.165, 1.54) is 24.1 Å². The zero-order valence-electron chi connectivity index (χ0n) is 24.4. The van der Waals surface area contributed by atoms with E-state index in [4.69, 9.17) is 27.9 Å². The van der Waals surface area contributed by atoms with E-state index in [2.05, 4.69) is 5.32 Å². The van der Waals surface area contributed by atoms with Gasteiger partial charge in [-0.3, -0.25) is 13.9 Å². The minimum atomic E-state index is -4.20. The molecule has 1 N–H and O–H groups in total. The number of aryl methyl sites for hydroxylation is 1. The van der Waals surface area contributed by atoms with Crippen molar-refractivity contribution in [1.29, 1.82) is 0 Å². The molecule has 0 heterocycles. The van der Waals surface area contributed by atoms with Gasteiger partial charge in [-0.15, -0.1) is 0 Å². The molecule has 3 aromatic rings. The van der Waals surface area contributed by atoms with Crippen LogP contribution in [0.2, 0.25) is 10.0 Å². The highest BCUT2D eigenvalue weighted by Gasteiger charge is 2.34. The molecular formula is C31H37Cl2N3O5S. The summed E-state index contributed by atoms with van der Waals surface area (Å²) >= 11 is 12.6. The lowest BCUT2D eigenvalue weighted by Gasteiger charge is -2.34. The van der Waals surface area contributed by atoms with Gasteiger partial charge < -0.3 is 15.0 Å². The largest absolute Gasteiger partial charge is 0.497 e. The Balaban J connectivity index is 2.08. The zero-order valence-corrected chi connectivity index (χ0v) is 26.8. The molecule has 0 saturated carbocycles. The Hall–Kier alpha value is -3.27. The molecule has 0 aliphatic rings. The number of anilines is 1. The quantitative estimate of drug-likeness (QED) is 0.241. The van der Waals surface area contributed by atoms with Gasteiger partial charge in [0.1, 0.15) is 18.3 Å². The lowest BCUT2D eigenvalue weighted by molar-refractivity contribution is -0.140. The molecule has 0 unspecified atom stereocenters. The molecule has 0 spiro atoms. The molecule has 3 aromatic carbocycles. The van der Waals surface area contributed by atoms with Gasteiger partial charge in [0.25, 0.3) is 10.0 Å². The molecule has 2 amide bonds. The van der Waals surface area contributed by atoms with Crippen LogP contribution in [0.15, 0.2) is 71.6 Å². The second-order valence-corrected chi connectivity index (χ2v) is 12.7. The van der Waals surface area contributed by atoms with Gasteiger partial charge in [-0.2, -0.15) is 0 Å². The van der Waals surface area contributed by atoms with Crippen LogP contribution in [0, 0.1) is 6.92 Å². The summed E-state index contributed by atoms with van der Waals surface area (Å²) in [6.45, 7) is 6.95. The van der Waals surface area contributed by atoms with E-state index < -0.39 is 28.5 Å². The summed E-state index contributed by atoms with van der Waals surface area (Å²) in [4.78, 5) is 28.9. The summed E-state index contributed by atoms with van der Waals surface area (Å²) in [5.41, 5.74) is 1.81. The summed E-state index contributed by atoms with van der Waals surface area (Å²) < 4.78 is 34.2. The first-order valence-electron chi connectivity index (χ1n) is 13.7. The third kappa shape index (κ3) is 8.18. The number of carbonyl (C=O) groups is 2. The van der Waals surface area contributed by atoms with Gasteiger partial charge in [-0.25, -0.2) is 8.42 Å². The second kappa shape index (κ2) is 14.8. The van der Waals surface area contributed by atoms with Gasteiger partial charge in [-0.1, -0.05) is 60.8 Å². The third-order valence-electron chi connectivity index (χ3n) is 6.99. The molecule has 42 heavy (non-hydrogen) atoms. The Kier molecular flexibility index (Phi) is 11.7. The molecule has 0 aliphatic heterocycles. The highest BCUT2D eigenvalue weighted by molar-refractivity contribution is 7.92. The van der Waals surface area contributed by atoms with Crippen molar-refractivity contribution in [3.63, 3.8) is 0 Å². The first-order valence-corrected chi connectivity index (χ1v) is 15.9. The number of ether oxygens (including phenoxy) is 1. The predicted octanol–water partition coefficient (Wildman–Crippen LogP) is 6.23. The minimum Gasteiger partial charge on any atom is -0.497 e. The average Bonchev–Trinajstić information content (AvgIpc) is 2.97. The molecule has 2 atom stereocenters. The number of amides is 2. The predicted molar refractivity (Wildman–Crippen MR) is 168 cm³/mol. The molecule has 0 fully saturated rings. The summed E-state index contributed by atoms with van der Waals surface area (Å²) in [7, 11) is -2.71. The fraction of sp³-hybridized carbons (Fsp3) is 0.355. The van der Waals surface area contributed by atoms with E-state index in [1.54, 1.807) is 61.5 Å². The van der Waals surface area contributed by atoms with Gasteiger partial charge in [-0.05, 0) is 80.8 Å². The number of rotatable bonds is 13. The number of carbonyl (C=O) groups excluding carboxylic acids is 2. The van der Waals surface area contributed by atoms with E-state index in [1.807, 2.05) is 20.8 Å². The lowest BCUT2D eigenvalue weighted by atomic mass is 10.1. The van der Waals surface area contributed by atoms with Crippen LogP contribution < -0.4 is 14.4 Å². The monoisotopic (exact) mass is 633 g/mol. The van der Waals surface area contributed by atoms with Gasteiger partial charge in [0, 0.05) is 22.6 Å². The van der Waals surface area contributed by atoms with E-state index in [-0.39, 0.29) is 23.4 Å². The van der Waals surface area contributed by atoms with Crippen molar-refractivity contribution in [2.75, 3.05) is 18.0 Å². The molecular weight excluding hydrogens is 597 g/mol. The maximum absolute atomic E-state index is 14.2. The number of benzene rings is 3. The highest BCUT2D eigenvalue weighted by atomic mass is 35.5. The summed E-state index contributed by atoms with van der Waals surface area (Å²) in [6.07, 6.45) is 1.01. The van der Waals surface area contributed by atoms with Crippen LogP contribution in [-0.2, 0) is 26.2 Å². The second-order valence-electron chi connectivity index (χ2n) is 10.0. The SMILES string of the molecule is CC[C@H](C(=O)N[C@@H](C)CC)N(Cc1ccc(Cl)cc1Cl)C(=O)CN(c1ccc(C)cc1)S(=O)(=O)c1ccc(OC)cc1. The number of halogens is 2. The smallest absolute Gasteiger partial charge is 0.264 e. The molecule has 8 nitrogen and oxygen atoms in total. The first kappa shape index (κ1) is 33.2. The van der Waals surface area contributed by atoms with E-state index >= 15 is 0 Å². The van der Waals surface area contributed by atoms with Crippen LogP contribution >= 0.6 is 23.2 Å². The summed E-state index contributed by atoms with van der Waals surface area (Å²) in [5.74, 6) is -0.397. The van der Waals surface area contributed by atoms with Gasteiger partial charge >= 0.3 is 0 Å². The number of sulfonamides is 1. The standard InChI is InChI=1S/C31H37Cl2N3O5S/c1-6-22(4)34-31(38)29(7-2)35(19-23-10-11-24(32)18-28(23)33)30(37)20-36(25-12-8-21(3)9-13-25)42(39,40)27-16-14-26(41-5)15-17-27/h8-18,22,29H,6-7,19-20H2,1-5H3,(H,34,38)/t22-,29+/m0/s1. The lowest BCUT2D eigenvalue weighted by Crippen LogP contribution is -2.53. The number of nitrogens with zero attached hydrogens (tertiary/aromatic N) is 2. The highest BCUT2D eigenvalue weighted by Crippen LogP contribution is 2.28. The maximum Gasteiger partial charge on any atom is 0.264 e. The fourth-order valence-electron chi connectivity index (χ4n) is 4.31. The Bertz CT molecular complexity index is 1480. The van der Waals surface area contributed by atoms with E-state index in [9.17, 15) is 18.0 Å². The molecule has 0 bridgehead atoms. The molecule has 0 aliphatic carbocycles. The van der Waals surface area contributed by atoms with Crippen LogP contribution in [0.5, 0.6) is 5.75 Å². The first-order chi connectivity index (χ1) is 19.9. The fourth-order valence-corrected chi connectivity index (χ4v) is 6.19. The Labute approximate surface area is 258 Å². The van der Waals surface area contributed by atoms with Crippen LogP contribution in [0.1, 0.15) is 44.7 Å². The van der Waals surface area contributed by atoms with Gasteiger partial charge in [0.15, 0.2) is 0 Å². The van der Waals surface area contributed by atoms with Crippen LogP contribution in [-0.4, -0.2) is 50.9 Å². The molecule has 0 aromatic heterocycles. The van der Waals surface area contributed by atoms with Crippen molar-refractivity contribution >= 4 is 50.7 Å². The van der Waals surface area contributed by atoms with Crippen molar-refractivity contribution < 1.29 is 22.7 Å². The molecule has 226 valence electrons. The van der Waals surface area contributed by atoms with Crippen LogP contribution in [0.3, 0.4) is 0 Å². The third-order valence-corrected chi connectivity index (χ3v) is 9.37. The van der Waals surface area contributed by atoms with Crippen LogP contribution in [0.25, 0.3) is 0 Å². The normalized spacial score (nSPS) is 12.7. The van der Waals surface area contributed by atoms with Crippen molar-refractivity contribution in [3.8, 4) is 5.75 Å². The molecule has 0 saturated heterocycles. The molecule has 11 heteroatoms. The average molecular weight is 635 g/mol. The van der Waals surface area contributed by atoms with Crippen molar-refractivity contribution in [2.45, 2.75) is 64.1 Å². The maximum atomic E-state index is 14.2. The number of hydrogen-bond donors (Lipinski definition) is 1. The van der Waals surface area contributed by atoms with Crippen molar-refractivity contribution in [2.24, 2.45) is 0 Å². The summed E-state index contributed by atoms with van der Waals surface area (Å²) in [5, 5.41) is 3.72. The Morgan fingerprint density at radius 1 is 0.952 bits per heavy atom. The van der Waals surface area contributed by atoms with Crippen LogP contribution in [0.4, 0.5) is 5.69 Å². The van der Waals surface area contributed by atoms with Gasteiger partial charge in [0.05, 0.1) is 17.7 Å². The number of nitrogens with one attached hydrogen (secondary N) is 1. The number of methoxy groups -OCH3 is 1. The summed E-state index contributed by atoms with van der Waals surface area (Å²) in [6, 6.07) is 16.7.